The summed E-state index contributed by atoms with van der Waals surface area (Å²) < 4.78 is 2.30. The highest BCUT2D eigenvalue weighted by Gasteiger charge is 2.12. The molecule has 1 heteroatoms. The number of aryl methyl sites for hydroxylation is 3. The van der Waals surface area contributed by atoms with Crippen LogP contribution in [-0.4, -0.2) is 4.57 Å². The molecule has 0 atom stereocenters. The van der Waals surface area contributed by atoms with Gasteiger partial charge >= 0.3 is 0 Å². The molecule has 4 aromatic carbocycles. The van der Waals surface area contributed by atoms with Gasteiger partial charge in [-0.05, 0) is 76.0 Å². The number of hydrogen-bond acceptors (Lipinski definition) is 0. The van der Waals surface area contributed by atoms with Gasteiger partial charge in [0, 0.05) is 18.1 Å². The van der Waals surface area contributed by atoms with Gasteiger partial charge in [0.15, 0.2) is 0 Å². The number of aromatic nitrogens is 1. The number of nitrogens with zero attached hydrogens (tertiary/aromatic N) is 1. The molecule has 0 aliphatic rings. The van der Waals surface area contributed by atoms with Crippen molar-refractivity contribution in [1.82, 2.24) is 4.57 Å². The van der Waals surface area contributed by atoms with Gasteiger partial charge < -0.3 is 4.57 Å². The van der Waals surface area contributed by atoms with E-state index in [1.807, 2.05) is 0 Å². The van der Waals surface area contributed by atoms with Crippen molar-refractivity contribution >= 4 is 43.2 Å². The van der Waals surface area contributed by atoms with Crippen molar-refractivity contribution in [2.75, 3.05) is 0 Å². The van der Waals surface area contributed by atoms with Gasteiger partial charge in [0.25, 0.3) is 0 Å². The van der Waals surface area contributed by atoms with Gasteiger partial charge in [-0.3, -0.25) is 0 Å². The monoisotopic (exact) mass is 309 g/mol. The Morgan fingerprint density at radius 2 is 1.38 bits per heavy atom. The summed E-state index contributed by atoms with van der Waals surface area (Å²) in [7, 11) is 2.16. The highest BCUT2D eigenvalue weighted by Crippen LogP contribution is 2.36. The molecular weight excluding hydrogens is 290 g/mol. The average Bonchev–Trinajstić information content (AvgIpc) is 2.89. The Labute approximate surface area is 141 Å². The van der Waals surface area contributed by atoms with Crippen LogP contribution in [0.3, 0.4) is 0 Å². The van der Waals surface area contributed by atoms with E-state index in [4.69, 9.17) is 0 Å². The van der Waals surface area contributed by atoms with E-state index in [-0.39, 0.29) is 0 Å². The lowest BCUT2D eigenvalue weighted by atomic mass is 9.95. The van der Waals surface area contributed by atoms with Crippen LogP contribution in [0, 0.1) is 13.8 Å². The van der Waals surface area contributed by atoms with Crippen molar-refractivity contribution in [3.05, 3.63) is 71.9 Å². The first-order chi connectivity index (χ1) is 11.6. The van der Waals surface area contributed by atoms with Crippen molar-refractivity contribution in [3.8, 4) is 0 Å². The molecular formula is C23H19N. The molecule has 1 aromatic heterocycles. The van der Waals surface area contributed by atoms with Crippen molar-refractivity contribution in [2.24, 2.45) is 7.05 Å². The molecule has 0 amide bonds. The molecule has 24 heavy (non-hydrogen) atoms. The molecule has 0 N–H and O–H groups in total. The van der Waals surface area contributed by atoms with E-state index >= 15 is 0 Å². The van der Waals surface area contributed by atoms with Crippen LogP contribution in [0.2, 0.25) is 0 Å². The van der Waals surface area contributed by atoms with Gasteiger partial charge in [-0.1, -0.05) is 36.4 Å². The summed E-state index contributed by atoms with van der Waals surface area (Å²) in [5.41, 5.74) is 3.99. The minimum Gasteiger partial charge on any atom is -0.348 e. The molecule has 1 nitrogen and oxygen atoms in total. The molecule has 116 valence electrons. The molecule has 0 saturated heterocycles. The van der Waals surface area contributed by atoms with Crippen LogP contribution >= 0.6 is 0 Å². The van der Waals surface area contributed by atoms with Crippen molar-refractivity contribution < 1.29 is 0 Å². The smallest absolute Gasteiger partial charge is 0.0516 e. The molecule has 1 heterocycles. The fourth-order valence-corrected chi connectivity index (χ4v) is 4.13. The molecule has 0 spiro atoms. The lowest BCUT2D eigenvalue weighted by molar-refractivity contribution is 0.915. The first-order valence-corrected chi connectivity index (χ1v) is 8.44. The lowest BCUT2D eigenvalue weighted by Gasteiger charge is -2.10. The van der Waals surface area contributed by atoms with Crippen molar-refractivity contribution in [3.63, 3.8) is 0 Å². The maximum Gasteiger partial charge on any atom is 0.0516 e. The second-order valence-electron chi connectivity index (χ2n) is 6.88. The summed E-state index contributed by atoms with van der Waals surface area (Å²) >= 11 is 0. The highest BCUT2D eigenvalue weighted by molar-refractivity contribution is 6.19. The highest BCUT2D eigenvalue weighted by atomic mass is 14.9. The zero-order valence-electron chi connectivity index (χ0n) is 14.2. The third-order valence-corrected chi connectivity index (χ3v) is 5.43. The van der Waals surface area contributed by atoms with Crippen LogP contribution in [0.15, 0.2) is 60.7 Å². The molecule has 0 aliphatic carbocycles. The zero-order chi connectivity index (χ0) is 16.4. The van der Waals surface area contributed by atoms with Gasteiger partial charge in [-0.15, -0.1) is 0 Å². The molecule has 0 bridgehead atoms. The Morgan fingerprint density at radius 1 is 0.625 bits per heavy atom. The van der Waals surface area contributed by atoms with Crippen molar-refractivity contribution in [2.45, 2.75) is 13.8 Å². The minimum absolute atomic E-state index is 1.30. The number of fused-ring (bicyclic) bond motifs is 6. The summed E-state index contributed by atoms with van der Waals surface area (Å²) in [6.07, 6.45) is 0. The second kappa shape index (κ2) is 4.61. The number of hydrogen-bond donors (Lipinski definition) is 0. The Balaban J connectivity index is 2.04. The van der Waals surface area contributed by atoms with Gasteiger partial charge in [-0.2, -0.15) is 0 Å². The van der Waals surface area contributed by atoms with E-state index in [9.17, 15) is 0 Å². The van der Waals surface area contributed by atoms with Crippen LogP contribution in [0.25, 0.3) is 43.2 Å². The maximum absolute atomic E-state index is 2.36. The Morgan fingerprint density at radius 3 is 2.17 bits per heavy atom. The van der Waals surface area contributed by atoms with E-state index in [1.165, 1.54) is 54.5 Å². The minimum atomic E-state index is 1.30. The fraction of sp³-hybridized carbons (Fsp3) is 0.130. The molecule has 0 radical (unpaired) electrons. The predicted molar refractivity (Wildman–Crippen MR) is 105 cm³/mol. The van der Waals surface area contributed by atoms with Gasteiger partial charge in [-0.25, -0.2) is 0 Å². The summed E-state index contributed by atoms with van der Waals surface area (Å²) in [6.45, 7) is 4.40. The van der Waals surface area contributed by atoms with E-state index < -0.39 is 0 Å². The van der Waals surface area contributed by atoms with Gasteiger partial charge in [0.1, 0.15) is 0 Å². The van der Waals surface area contributed by atoms with Crippen LogP contribution in [0.4, 0.5) is 0 Å². The van der Waals surface area contributed by atoms with E-state index in [0.29, 0.717) is 0 Å². The summed E-state index contributed by atoms with van der Waals surface area (Å²) in [4.78, 5) is 0. The standard InChI is InChI=1S/C23H19N/c1-14-10-21-19(22-11-15(2)24(3)23(14)22)9-8-18-12-16-6-4-5-7-17(16)13-20(18)21/h4-13H,1-3H3. The average molecular weight is 309 g/mol. The maximum atomic E-state index is 2.36. The van der Waals surface area contributed by atoms with Crippen LogP contribution in [0.1, 0.15) is 11.3 Å². The molecule has 0 saturated carbocycles. The van der Waals surface area contributed by atoms with Crippen molar-refractivity contribution in [1.29, 1.82) is 0 Å². The summed E-state index contributed by atoms with van der Waals surface area (Å²) in [5.74, 6) is 0. The second-order valence-corrected chi connectivity index (χ2v) is 6.88. The quantitative estimate of drug-likeness (QED) is 0.235. The van der Waals surface area contributed by atoms with E-state index in [1.54, 1.807) is 0 Å². The normalized spacial score (nSPS) is 12.0. The SMILES string of the molecule is Cc1cc2c3cc4ccccc4cc3ccc2c2cc(C)n(C)c12. The Bertz CT molecular complexity index is 1270. The van der Waals surface area contributed by atoms with E-state index in [0.717, 1.165) is 0 Å². The fourth-order valence-electron chi connectivity index (χ4n) is 4.13. The largest absolute Gasteiger partial charge is 0.348 e. The number of rotatable bonds is 0. The molecule has 0 fully saturated rings. The van der Waals surface area contributed by atoms with Gasteiger partial charge in [0.05, 0.1) is 5.52 Å². The Kier molecular flexibility index (Phi) is 2.62. The van der Waals surface area contributed by atoms with E-state index in [2.05, 4.69) is 86.1 Å². The lowest BCUT2D eigenvalue weighted by Crippen LogP contribution is -1.92. The Hall–Kier alpha value is -2.80. The molecule has 0 unspecified atom stereocenters. The van der Waals surface area contributed by atoms with Crippen LogP contribution in [0.5, 0.6) is 0 Å². The van der Waals surface area contributed by atoms with Gasteiger partial charge in [0.2, 0.25) is 0 Å². The first kappa shape index (κ1) is 13.6. The van der Waals surface area contributed by atoms with Crippen LogP contribution < -0.4 is 0 Å². The third kappa shape index (κ3) is 1.70. The third-order valence-electron chi connectivity index (χ3n) is 5.43. The zero-order valence-corrected chi connectivity index (χ0v) is 14.2. The molecule has 5 rings (SSSR count). The predicted octanol–water partition coefficient (Wildman–Crippen LogP) is 6.25. The molecule has 0 aliphatic heterocycles. The van der Waals surface area contributed by atoms with Crippen LogP contribution in [-0.2, 0) is 7.05 Å². The topological polar surface area (TPSA) is 4.93 Å². The molecule has 5 aromatic rings. The summed E-state index contributed by atoms with van der Waals surface area (Å²) in [6, 6.07) is 22.5. The number of benzene rings is 4. The first-order valence-electron chi connectivity index (χ1n) is 8.44. The summed E-state index contributed by atoms with van der Waals surface area (Å²) in [5, 5.41) is 9.33.